The van der Waals surface area contributed by atoms with Crippen molar-refractivity contribution in [2.75, 3.05) is 47.2 Å². The van der Waals surface area contributed by atoms with Gasteiger partial charge in [-0.2, -0.15) is 0 Å². The lowest BCUT2D eigenvalue weighted by atomic mass is 9.78. The lowest BCUT2D eigenvalue weighted by molar-refractivity contribution is -0.266. The standard InChI is InChI=1S/C57H91NO14/c1-36-18-12-11-13-19-37(2)49(70-29-17-27-60)34-45-23-21-42(7)57(66,72-45)54(63)55(64)58-25-15-14-20-46(58)56(65)71-50(40(5)32-44-22-24-48(51(33-44)67-9)69-28-16-26-59)35-47(61)39(4)31-41(6)52(62)53(68-10)43(8)38(3)30-36/h11-13,18-19,31,36,38-40,42,44-46,48-53,59-60,62,66H,8,14-17,20-30,32-35H2,1-7,9-10H3/b13-11+,18-12+,37-19+,41-31+/t36-,38-,39-,40-,42-,44+,45+,46+,48-,49?,50+,51-,52-,53+,57-/m1/s1. The Hall–Kier alpha value is -3.38. The Balaban J connectivity index is 1.71. The topological polar surface area (TPSA) is 208 Å². The second-order valence-electron chi connectivity index (χ2n) is 21.4. The minimum Gasteiger partial charge on any atom is -0.460 e. The highest BCUT2D eigenvalue weighted by Gasteiger charge is 2.53. The van der Waals surface area contributed by atoms with Crippen LogP contribution >= 0.6 is 0 Å². The average Bonchev–Trinajstić information content (AvgIpc) is 3.36. The molecule has 0 radical (unpaired) electrons. The molecule has 15 atom stereocenters. The summed E-state index contributed by atoms with van der Waals surface area (Å²) in [7, 11) is 3.19. The molecule has 3 fully saturated rings. The number of aliphatic hydroxyl groups is 4. The molecule has 0 aromatic rings. The first-order chi connectivity index (χ1) is 34.3. The van der Waals surface area contributed by atoms with Gasteiger partial charge in [0.25, 0.3) is 11.7 Å². The molecular weight excluding hydrogens is 923 g/mol. The van der Waals surface area contributed by atoms with Crippen molar-refractivity contribution in [1.82, 2.24) is 4.90 Å². The summed E-state index contributed by atoms with van der Waals surface area (Å²) in [5.74, 6) is -7.00. The summed E-state index contributed by atoms with van der Waals surface area (Å²) in [6, 6.07) is -1.14. The Bertz CT molecular complexity index is 1880. The molecule has 2 saturated heterocycles. The number of ketones is 2. The Kier molecular flexibility index (Phi) is 25.7. The normalized spacial score (nSPS) is 37.7. The van der Waals surface area contributed by atoms with E-state index in [0.29, 0.717) is 63.5 Å². The van der Waals surface area contributed by atoms with Crippen molar-refractivity contribution < 1.29 is 68.0 Å². The van der Waals surface area contributed by atoms with Crippen molar-refractivity contribution >= 4 is 23.4 Å². The molecule has 15 nitrogen and oxygen atoms in total. The summed E-state index contributed by atoms with van der Waals surface area (Å²) in [6.45, 7) is 18.4. The third kappa shape index (κ3) is 17.3. The van der Waals surface area contributed by atoms with Gasteiger partial charge in [0.1, 0.15) is 30.1 Å². The second-order valence-corrected chi connectivity index (χ2v) is 21.4. The number of carbonyl (C=O) groups is 4. The minimum absolute atomic E-state index is 0.0200. The highest BCUT2D eigenvalue weighted by molar-refractivity contribution is 6.39. The molecular formula is C57H91NO14. The number of esters is 1. The first kappa shape index (κ1) is 61.2. The maximum Gasteiger partial charge on any atom is 0.329 e. The van der Waals surface area contributed by atoms with E-state index in [1.54, 1.807) is 34.0 Å². The Morgan fingerprint density at radius 3 is 2.24 bits per heavy atom. The third-order valence-electron chi connectivity index (χ3n) is 15.7. The van der Waals surface area contributed by atoms with Crippen LogP contribution in [-0.2, 0) is 47.6 Å². The van der Waals surface area contributed by atoms with Crippen LogP contribution < -0.4 is 0 Å². The lowest BCUT2D eigenvalue weighted by Crippen LogP contribution is -2.61. The molecule has 0 aromatic carbocycles. The zero-order chi connectivity index (χ0) is 53.1. The summed E-state index contributed by atoms with van der Waals surface area (Å²) in [5.41, 5.74) is 2.14. The fourth-order valence-electron chi connectivity index (χ4n) is 10.9. The lowest BCUT2D eigenvalue weighted by Gasteiger charge is -2.43. The predicted octanol–water partition coefficient (Wildman–Crippen LogP) is 7.33. The number of methoxy groups -OCH3 is 2. The first-order valence-corrected chi connectivity index (χ1v) is 26.9. The number of carbonyl (C=O) groups excluding carboxylic acids is 4. The van der Waals surface area contributed by atoms with Crippen molar-refractivity contribution in [1.29, 1.82) is 0 Å². The highest BCUT2D eigenvalue weighted by Crippen LogP contribution is 2.38. The molecule has 408 valence electrons. The molecule has 72 heavy (non-hydrogen) atoms. The van der Waals surface area contributed by atoms with E-state index in [2.05, 4.69) is 26.5 Å². The van der Waals surface area contributed by atoms with E-state index in [-0.39, 0.29) is 87.3 Å². The Morgan fingerprint density at radius 2 is 1.56 bits per heavy atom. The molecule has 1 amide bonds. The molecule has 3 heterocycles. The molecule has 15 heteroatoms. The average molecular weight is 1010 g/mol. The molecule has 2 bridgehead atoms. The smallest absolute Gasteiger partial charge is 0.329 e. The number of nitrogens with zero attached hydrogens (tertiary/aromatic N) is 1. The number of hydrogen-bond donors (Lipinski definition) is 4. The van der Waals surface area contributed by atoms with Gasteiger partial charge < -0.3 is 53.7 Å². The molecule has 1 saturated carbocycles. The SMILES string of the molecule is C=C1[C@H](C)C[C@H](C)/C=C/C=C/C=C(\C)C(OCCCO)C[C@@H]2CC[C@@H](C)[C@@](O)(O2)C(=O)C(=O)N2CCCC[C@H]2C(=O)O[C@H]([C@H](C)C[C@@H]2CC[C@@H](OCCCO)[C@H](OC)C2)CC(=O)[C@H](C)/C=C(\C)[C@@H](O)[C@H]1OC. The zero-order valence-corrected chi connectivity index (χ0v) is 45.0. The first-order valence-electron chi connectivity index (χ1n) is 26.9. The monoisotopic (exact) mass is 1010 g/mol. The largest absolute Gasteiger partial charge is 0.460 e. The van der Waals surface area contributed by atoms with Crippen LogP contribution in [0, 0.1) is 35.5 Å². The molecule has 4 N–H and O–H groups in total. The van der Waals surface area contributed by atoms with Crippen molar-refractivity contribution in [3.05, 3.63) is 59.8 Å². The van der Waals surface area contributed by atoms with Crippen LogP contribution in [0.4, 0.5) is 0 Å². The number of aliphatic hydroxyl groups excluding tert-OH is 3. The van der Waals surface area contributed by atoms with Crippen LogP contribution in [0.1, 0.15) is 138 Å². The van der Waals surface area contributed by atoms with Gasteiger partial charge in [-0.1, -0.05) is 77.7 Å². The van der Waals surface area contributed by atoms with Gasteiger partial charge in [-0.3, -0.25) is 14.4 Å². The van der Waals surface area contributed by atoms with Crippen molar-refractivity contribution in [2.45, 2.75) is 193 Å². The van der Waals surface area contributed by atoms with E-state index in [1.807, 2.05) is 38.2 Å². The highest BCUT2D eigenvalue weighted by atomic mass is 16.6. The predicted molar refractivity (Wildman–Crippen MR) is 275 cm³/mol. The number of fused-ring (bicyclic) bond motifs is 3. The number of hydrogen-bond acceptors (Lipinski definition) is 14. The van der Waals surface area contributed by atoms with Gasteiger partial charge in [0.15, 0.2) is 0 Å². The molecule has 4 rings (SSSR count). The number of amides is 1. The number of piperidine rings is 1. The van der Waals surface area contributed by atoms with Crippen LogP contribution in [0.3, 0.4) is 0 Å². The van der Waals surface area contributed by atoms with E-state index >= 15 is 0 Å². The van der Waals surface area contributed by atoms with Crippen LogP contribution in [0.2, 0.25) is 0 Å². The zero-order valence-electron chi connectivity index (χ0n) is 45.0. The van der Waals surface area contributed by atoms with E-state index in [0.717, 1.165) is 30.4 Å². The molecule has 1 unspecified atom stereocenters. The van der Waals surface area contributed by atoms with Crippen LogP contribution in [0.15, 0.2) is 59.8 Å². The Morgan fingerprint density at radius 1 is 0.847 bits per heavy atom. The van der Waals surface area contributed by atoms with E-state index < -0.39 is 71.8 Å². The van der Waals surface area contributed by atoms with Gasteiger partial charge >= 0.3 is 5.97 Å². The van der Waals surface area contributed by atoms with Crippen LogP contribution in [-0.4, -0.2) is 151 Å². The van der Waals surface area contributed by atoms with Gasteiger partial charge in [-0.15, -0.1) is 0 Å². The van der Waals surface area contributed by atoms with Crippen LogP contribution in [0.5, 0.6) is 0 Å². The number of allylic oxidation sites excluding steroid dienone is 6. The summed E-state index contributed by atoms with van der Waals surface area (Å²) in [6.07, 6.45) is 14.4. The summed E-state index contributed by atoms with van der Waals surface area (Å²) >= 11 is 0. The molecule has 0 spiro atoms. The van der Waals surface area contributed by atoms with E-state index in [9.17, 15) is 39.6 Å². The molecule has 0 aromatic heterocycles. The van der Waals surface area contributed by atoms with Crippen molar-refractivity contribution in [3.63, 3.8) is 0 Å². The maximum absolute atomic E-state index is 14.6. The molecule has 4 aliphatic rings. The van der Waals surface area contributed by atoms with Crippen molar-refractivity contribution in [2.24, 2.45) is 35.5 Å². The van der Waals surface area contributed by atoms with Crippen molar-refractivity contribution in [3.8, 4) is 0 Å². The molecule has 3 aliphatic heterocycles. The summed E-state index contributed by atoms with van der Waals surface area (Å²) < 4.78 is 36.6. The van der Waals surface area contributed by atoms with Crippen LogP contribution in [0.25, 0.3) is 0 Å². The fourth-order valence-corrected chi connectivity index (χ4v) is 10.9. The van der Waals surface area contributed by atoms with Gasteiger partial charge in [0.2, 0.25) is 5.79 Å². The van der Waals surface area contributed by atoms with Gasteiger partial charge in [-0.25, -0.2) is 4.79 Å². The van der Waals surface area contributed by atoms with Gasteiger partial charge in [-0.05, 0) is 131 Å². The number of cyclic esters (lactones) is 1. The van der Waals surface area contributed by atoms with E-state index in [1.165, 1.54) is 12.0 Å². The Labute approximate surface area is 430 Å². The maximum atomic E-state index is 14.6. The second kappa shape index (κ2) is 30.2. The number of ether oxygens (including phenoxy) is 6. The third-order valence-corrected chi connectivity index (χ3v) is 15.7. The van der Waals surface area contributed by atoms with E-state index in [4.69, 9.17) is 28.4 Å². The summed E-state index contributed by atoms with van der Waals surface area (Å²) in [5, 5.41) is 42.6. The van der Waals surface area contributed by atoms with Gasteiger partial charge in [0, 0.05) is 71.9 Å². The van der Waals surface area contributed by atoms with Gasteiger partial charge in [0.05, 0.1) is 24.4 Å². The minimum atomic E-state index is -2.46. The molecule has 1 aliphatic carbocycles. The number of rotatable bonds is 13. The summed E-state index contributed by atoms with van der Waals surface area (Å²) in [4.78, 5) is 58.9. The fraction of sp³-hybridized carbons (Fsp3) is 0.754. The number of Topliss-reactive ketones (excluding diaryl/α,β-unsaturated/α-hetero) is 2. The quantitative estimate of drug-likeness (QED) is 0.0617.